The number of carbonyl (C=O) groups is 1. The van der Waals surface area contributed by atoms with E-state index in [-0.39, 0.29) is 11.3 Å². The van der Waals surface area contributed by atoms with Crippen LogP contribution in [0.3, 0.4) is 0 Å². The van der Waals surface area contributed by atoms with Crippen molar-refractivity contribution in [2.24, 2.45) is 0 Å². The van der Waals surface area contributed by atoms with E-state index in [1.165, 1.54) is 18.9 Å². The lowest BCUT2D eigenvalue weighted by Crippen LogP contribution is -2.28. The van der Waals surface area contributed by atoms with Gasteiger partial charge in [-0.15, -0.1) is 0 Å². The Labute approximate surface area is 111 Å². The quantitative estimate of drug-likeness (QED) is 0.804. The van der Waals surface area contributed by atoms with E-state index in [4.69, 9.17) is 4.74 Å². The van der Waals surface area contributed by atoms with Crippen LogP contribution in [-0.2, 0) is 4.74 Å². The molecule has 1 amide bonds. The molecule has 1 fully saturated rings. The molecule has 0 heterocycles. The van der Waals surface area contributed by atoms with E-state index in [1.807, 2.05) is 0 Å². The Hall–Kier alpha value is -1.62. The normalized spacial score (nSPS) is 15.6. The highest BCUT2D eigenvalue weighted by atomic mass is 19.1. The average Bonchev–Trinajstić information content (AvgIpc) is 2.87. The fraction of sp³-hybridized carbons (Fsp3) is 0.500. The molecule has 4 nitrogen and oxygen atoms in total. The molecule has 0 spiro atoms. The third kappa shape index (κ3) is 3.92. The molecule has 0 atom stereocenters. The van der Waals surface area contributed by atoms with Crippen molar-refractivity contribution in [1.82, 2.24) is 5.32 Å². The Morgan fingerprint density at radius 3 is 2.84 bits per heavy atom. The number of phenolic OH excluding ortho intramolecular Hbond substituents is 1. The van der Waals surface area contributed by atoms with Gasteiger partial charge in [0, 0.05) is 12.6 Å². The van der Waals surface area contributed by atoms with E-state index in [2.05, 4.69) is 5.32 Å². The smallest absolute Gasteiger partial charge is 0.255 e. The van der Waals surface area contributed by atoms with E-state index in [0.29, 0.717) is 19.3 Å². The first-order chi connectivity index (χ1) is 9.16. The number of hydrogen-bond acceptors (Lipinski definition) is 3. The summed E-state index contributed by atoms with van der Waals surface area (Å²) in [5.41, 5.74) is 0.0715. The number of phenols is 1. The maximum absolute atomic E-state index is 12.8. The van der Waals surface area contributed by atoms with Crippen LogP contribution < -0.4 is 5.32 Å². The Bertz CT molecular complexity index is 444. The largest absolute Gasteiger partial charge is 0.507 e. The highest BCUT2D eigenvalue weighted by Crippen LogP contribution is 2.20. The minimum Gasteiger partial charge on any atom is -0.507 e. The number of halogens is 1. The Kier molecular flexibility index (Phi) is 4.74. The van der Waals surface area contributed by atoms with Gasteiger partial charge in [-0.3, -0.25) is 4.79 Å². The SMILES string of the molecule is O=C(NCCOC1CCCC1)c1ccc(F)cc1O. The van der Waals surface area contributed by atoms with Crippen LogP contribution in [0.4, 0.5) is 4.39 Å². The third-order valence-electron chi connectivity index (χ3n) is 3.25. The van der Waals surface area contributed by atoms with Crippen molar-refractivity contribution in [3.8, 4) is 5.75 Å². The average molecular weight is 267 g/mol. The number of hydrogen-bond donors (Lipinski definition) is 2. The molecule has 1 aliphatic carbocycles. The molecule has 1 aromatic carbocycles. The van der Waals surface area contributed by atoms with Crippen molar-refractivity contribution >= 4 is 5.91 Å². The summed E-state index contributed by atoms with van der Waals surface area (Å²) in [7, 11) is 0. The molecule has 0 bridgehead atoms. The molecule has 5 heteroatoms. The van der Waals surface area contributed by atoms with Crippen LogP contribution in [0.1, 0.15) is 36.0 Å². The van der Waals surface area contributed by atoms with Gasteiger partial charge in [0.15, 0.2) is 0 Å². The second-order valence-electron chi connectivity index (χ2n) is 4.69. The van der Waals surface area contributed by atoms with E-state index >= 15 is 0 Å². The molecule has 1 saturated carbocycles. The van der Waals surface area contributed by atoms with Crippen LogP contribution in [0.5, 0.6) is 5.75 Å². The van der Waals surface area contributed by atoms with Crippen LogP contribution >= 0.6 is 0 Å². The predicted octanol–water partition coefficient (Wildman–Crippen LogP) is 2.22. The second-order valence-corrected chi connectivity index (χ2v) is 4.69. The number of rotatable bonds is 5. The first kappa shape index (κ1) is 13.8. The molecule has 2 rings (SSSR count). The lowest BCUT2D eigenvalue weighted by atomic mass is 10.2. The van der Waals surface area contributed by atoms with Gasteiger partial charge in [-0.2, -0.15) is 0 Å². The maximum atomic E-state index is 12.8. The fourth-order valence-electron chi connectivity index (χ4n) is 2.24. The topological polar surface area (TPSA) is 58.6 Å². The maximum Gasteiger partial charge on any atom is 0.255 e. The molecule has 0 saturated heterocycles. The van der Waals surface area contributed by atoms with Crippen molar-refractivity contribution in [2.75, 3.05) is 13.2 Å². The monoisotopic (exact) mass is 267 g/mol. The minimum absolute atomic E-state index is 0.0715. The van der Waals surface area contributed by atoms with Crippen molar-refractivity contribution in [2.45, 2.75) is 31.8 Å². The summed E-state index contributed by atoms with van der Waals surface area (Å²) >= 11 is 0. The molecular weight excluding hydrogens is 249 g/mol. The van der Waals surface area contributed by atoms with E-state index in [0.717, 1.165) is 25.0 Å². The lowest BCUT2D eigenvalue weighted by molar-refractivity contribution is 0.0581. The first-order valence-electron chi connectivity index (χ1n) is 6.55. The fourth-order valence-corrected chi connectivity index (χ4v) is 2.24. The van der Waals surface area contributed by atoms with Gasteiger partial charge in [0.25, 0.3) is 5.91 Å². The van der Waals surface area contributed by atoms with E-state index in [9.17, 15) is 14.3 Å². The zero-order valence-corrected chi connectivity index (χ0v) is 10.7. The van der Waals surface area contributed by atoms with Gasteiger partial charge in [-0.05, 0) is 25.0 Å². The van der Waals surface area contributed by atoms with Gasteiger partial charge < -0.3 is 15.2 Å². The number of nitrogens with one attached hydrogen (secondary N) is 1. The van der Waals surface area contributed by atoms with Gasteiger partial charge in [0.1, 0.15) is 11.6 Å². The molecule has 2 N–H and O–H groups in total. The van der Waals surface area contributed by atoms with Crippen LogP contribution in [0, 0.1) is 5.82 Å². The first-order valence-corrected chi connectivity index (χ1v) is 6.55. The zero-order valence-electron chi connectivity index (χ0n) is 10.7. The summed E-state index contributed by atoms with van der Waals surface area (Å²) in [6.45, 7) is 0.838. The molecule has 0 radical (unpaired) electrons. The summed E-state index contributed by atoms with van der Waals surface area (Å²) < 4.78 is 18.4. The van der Waals surface area contributed by atoms with Gasteiger partial charge in [-0.25, -0.2) is 4.39 Å². The molecule has 1 aliphatic rings. The summed E-state index contributed by atoms with van der Waals surface area (Å²) in [6.07, 6.45) is 4.91. The molecule has 1 aromatic rings. The van der Waals surface area contributed by atoms with E-state index in [1.54, 1.807) is 0 Å². The number of amides is 1. The van der Waals surface area contributed by atoms with Gasteiger partial charge >= 0.3 is 0 Å². The summed E-state index contributed by atoms with van der Waals surface area (Å²) in [5, 5.41) is 12.1. The second kappa shape index (κ2) is 6.52. The molecule has 19 heavy (non-hydrogen) atoms. The van der Waals surface area contributed by atoms with E-state index < -0.39 is 11.7 Å². The number of benzene rings is 1. The molecule has 0 aromatic heterocycles. The van der Waals surface area contributed by atoms with Gasteiger partial charge in [0.2, 0.25) is 0 Å². The number of aromatic hydroxyl groups is 1. The molecular formula is C14H18FNO3. The van der Waals surface area contributed by atoms with Crippen LogP contribution in [0.2, 0.25) is 0 Å². The Morgan fingerprint density at radius 1 is 1.42 bits per heavy atom. The van der Waals surface area contributed by atoms with Gasteiger partial charge in [-0.1, -0.05) is 12.8 Å². The highest BCUT2D eigenvalue weighted by Gasteiger charge is 2.15. The Balaban J connectivity index is 1.74. The summed E-state index contributed by atoms with van der Waals surface area (Å²) in [4.78, 5) is 11.7. The van der Waals surface area contributed by atoms with Crippen LogP contribution in [0.15, 0.2) is 18.2 Å². The minimum atomic E-state index is -0.571. The summed E-state index contributed by atoms with van der Waals surface area (Å²) in [5.74, 6) is -1.35. The lowest BCUT2D eigenvalue weighted by Gasteiger charge is -2.11. The third-order valence-corrected chi connectivity index (χ3v) is 3.25. The molecule has 104 valence electrons. The predicted molar refractivity (Wildman–Crippen MR) is 68.6 cm³/mol. The van der Waals surface area contributed by atoms with Gasteiger partial charge in [0.05, 0.1) is 18.3 Å². The summed E-state index contributed by atoms with van der Waals surface area (Å²) in [6, 6.07) is 3.32. The number of carbonyl (C=O) groups excluding carboxylic acids is 1. The van der Waals surface area contributed by atoms with Crippen molar-refractivity contribution in [3.63, 3.8) is 0 Å². The van der Waals surface area contributed by atoms with Crippen molar-refractivity contribution in [3.05, 3.63) is 29.6 Å². The van der Waals surface area contributed by atoms with Crippen LogP contribution in [-0.4, -0.2) is 30.3 Å². The number of ether oxygens (including phenoxy) is 1. The van der Waals surface area contributed by atoms with Crippen LogP contribution in [0.25, 0.3) is 0 Å². The van der Waals surface area contributed by atoms with Crippen molar-refractivity contribution in [1.29, 1.82) is 0 Å². The zero-order chi connectivity index (χ0) is 13.7. The standard InChI is InChI=1S/C14H18FNO3/c15-10-5-6-12(13(17)9-10)14(18)16-7-8-19-11-3-1-2-4-11/h5-6,9,11,17H,1-4,7-8H2,(H,16,18). The molecule has 0 unspecified atom stereocenters. The van der Waals surface area contributed by atoms with Crippen molar-refractivity contribution < 1.29 is 19.0 Å². The molecule has 0 aliphatic heterocycles. The highest BCUT2D eigenvalue weighted by molar-refractivity contribution is 5.96. The Morgan fingerprint density at radius 2 is 2.16 bits per heavy atom.